The number of halogens is 3. The molecule has 1 heterocycles. The molecule has 1 aliphatic rings. The van der Waals surface area contributed by atoms with Gasteiger partial charge in [-0.1, -0.05) is 6.07 Å². The molecule has 1 aromatic heterocycles. The molecule has 0 spiro atoms. The largest absolute Gasteiger partial charge is 0.481 e. The summed E-state index contributed by atoms with van der Waals surface area (Å²) in [4.78, 5) is 10.7. The number of ether oxygens (including phenoxy) is 1. The van der Waals surface area contributed by atoms with Crippen molar-refractivity contribution in [1.82, 2.24) is 9.78 Å². The van der Waals surface area contributed by atoms with Gasteiger partial charge in [0.2, 0.25) is 0 Å². The smallest absolute Gasteiger partial charge is 0.417 e. The fourth-order valence-electron chi connectivity index (χ4n) is 3.90. The number of alkyl halides is 3. The van der Waals surface area contributed by atoms with E-state index in [9.17, 15) is 31.5 Å². The van der Waals surface area contributed by atoms with E-state index in [-0.39, 0.29) is 24.5 Å². The van der Waals surface area contributed by atoms with Crippen LogP contribution >= 0.6 is 0 Å². The van der Waals surface area contributed by atoms with Crippen LogP contribution in [0.1, 0.15) is 32.3 Å². The molecule has 31 heavy (non-hydrogen) atoms. The normalized spacial score (nSPS) is 22.2. The van der Waals surface area contributed by atoms with Crippen LogP contribution in [-0.4, -0.2) is 46.7 Å². The van der Waals surface area contributed by atoms with Gasteiger partial charge in [0.1, 0.15) is 0 Å². The third-order valence-corrected chi connectivity index (χ3v) is 7.53. The van der Waals surface area contributed by atoms with Crippen LogP contribution in [0.2, 0.25) is 0 Å². The van der Waals surface area contributed by atoms with E-state index in [4.69, 9.17) is 4.74 Å². The van der Waals surface area contributed by atoms with Crippen LogP contribution < -0.4 is 0 Å². The first kappa shape index (κ1) is 23.3. The quantitative estimate of drug-likeness (QED) is 0.708. The van der Waals surface area contributed by atoms with Crippen LogP contribution in [0.4, 0.5) is 13.2 Å². The highest BCUT2D eigenvalue weighted by atomic mass is 32.2. The monoisotopic (exact) mass is 460 g/mol. The summed E-state index contributed by atoms with van der Waals surface area (Å²) in [5.74, 6) is -2.34. The summed E-state index contributed by atoms with van der Waals surface area (Å²) in [7, 11) is -2.85. The number of carboxylic acids is 1. The van der Waals surface area contributed by atoms with Crippen molar-refractivity contribution in [3.05, 3.63) is 36.2 Å². The highest BCUT2D eigenvalue weighted by molar-refractivity contribution is 7.92. The van der Waals surface area contributed by atoms with Crippen molar-refractivity contribution in [3.8, 4) is 11.1 Å². The van der Waals surface area contributed by atoms with Crippen LogP contribution in [0.3, 0.4) is 0 Å². The third kappa shape index (κ3) is 4.77. The fraction of sp³-hybridized carbons (Fsp3) is 0.500. The molecule has 11 heteroatoms. The van der Waals surface area contributed by atoms with Gasteiger partial charge in [-0.2, -0.15) is 18.3 Å². The Morgan fingerprint density at radius 1 is 1.26 bits per heavy atom. The molecule has 1 N–H and O–H groups in total. The first-order valence-electron chi connectivity index (χ1n) is 9.63. The van der Waals surface area contributed by atoms with Gasteiger partial charge < -0.3 is 9.84 Å². The Bertz CT molecular complexity index is 1080. The zero-order chi connectivity index (χ0) is 23.1. The maximum Gasteiger partial charge on any atom is 0.417 e. The van der Waals surface area contributed by atoms with E-state index in [2.05, 4.69) is 5.10 Å². The SMILES string of the molecule is CC(C)O[C@H]1C[C@@H](S(=O)(=O)c2ccc(-c3cnn(C)c3)cc2C(F)(F)F)C[C@@H]1C(=O)O. The Balaban J connectivity index is 2.03. The highest BCUT2D eigenvalue weighted by Gasteiger charge is 2.48. The molecular weight excluding hydrogens is 437 g/mol. The fourth-order valence-corrected chi connectivity index (χ4v) is 5.90. The Morgan fingerprint density at radius 2 is 1.94 bits per heavy atom. The summed E-state index contributed by atoms with van der Waals surface area (Å²) in [5.41, 5.74) is -0.696. The molecule has 1 fully saturated rings. The van der Waals surface area contributed by atoms with Crippen molar-refractivity contribution >= 4 is 15.8 Å². The van der Waals surface area contributed by atoms with Crippen molar-refractivity contribution < 1.29 is 36.2 Å². The van der Waals surface area contributed by atoms with E-state index < -0.39 is 49.7 Å². The van der Waals surface area contributed by atoms with Gasteiger partial charge in [0.25, 0.3) is 0 Å². The van der Waals surface area contributed by atoms with Crippen molar-refractivity contribution in [1.29, 1.82) is 0 Å². The first-order chi connectivity index (χ1) is 14.3. The highest BCUT2D eigenvalue weighted by Crippen LogP contribution is 2.42. The van der Waals surface area contributed by atoms with Gasteiger partial charge in [-0.05, 0) is 44.4 Å². The lowest BCUT2D eigenvalue weighted by molar-refractivity contribution is -0.147. The lowest BCUT2D eigenvalue weighted by Gasteiger charge is -2.19. The summed E-state index contributed by atoms with van der Waals surface area (Å²) in [6, 6.07) is 3.02. The van der Waals surface area contributed by atoms with Gasteiger partial charge in [0.15, 0.2) is 9.84 Å². The van der Waals surface area contributed by atoms with Crippen LogP contribution in [0.5, 0.6) is 0 Å². The van der Waals surface area contributed by atoms with Gasteiger partial charge in [0.05, 0.1) is 40.0 Å². The Labute approximate surface area is 177 Å². The Morgan fingerprint density at radius 3 is 2.45 bits per heavy atom. The summed E-state index contributed by atoms with van der Waals surface area (Å²) in [5, 5.41) is 12.1. The van der Waals surface area contributed by atoms with Crippen molar-refractivity contribution in [2.75, 3.05) is 0 Å². The van der Waals surface area contributed by atoms with E-state index in [0.29, 0.717) is 5.56 Å². The number of aryl methyl sites for hydroxylation is 1. The number of hydrogen-bond acceptors (Lipinski definition) is 5. The average molecular weight is 460 g/mol. The van der Waals surface area contributed by atoms with E-state index in [1.54, 1.807) is 20.9 Å². The Kier molecular flexibility index (Phi) is 6.21. The predicted octanol–water partition coefficient (Wildman–Crippen LogP) is 3.54. The molecule has 7 nitrogen and oxygen atoms in total. The molecule has 1 aliphatic carbocycles. The van der Waals surface area contributed by atoms with Gasteiger partial charge in [0, 0.05) is 18.8 Å². The number of carbonyl (C=O) groups is 1. The summed E-state index contributed by atoms with van der Waals surface area (Å²) < 4.78 is 74.8. The molecule has 0 bridgehead atoms. The topological polar surface area (TPSA) is 98.5 Å². The van der Waals surface area contributed by atoms with Crippen LogP contribution in [0.25, 0.3) is 11.1 Å². The minimum Gasteiger partial charge on any atom is -0.481 e. The van der Waals surface area contributed by atoms with Crippen molar-refractivity contribution in [2.45, 2.75) is 55.2 Å². The predicted molar refractivity (Wildman–Crippen MR) is 105 cm³/mol. The molecule has 170 valence electrons. The number of nitrogens with zero attached hydrogens (tertiary/aromatic N) is 2. The number of hydrogen-bond donors (Lipinski definition) is 1. The zero-order valence-electron chi connectivity index (χ0n) is 17.1. The van der Waals surface area contributed by atoms with E-state index in [0.717, 1.165) is 12.1 Å². The lowest BCUT2D eigenvalue weighted by Crippen LogP contribution is -2.27. The number of aromatic nitrogens is 2. The molecule has 3 atom stereocenters. The van der Waals surface area contributed by atoms with E-state index in [1.807, 2.05) is 0 Å². The molecule has 0 unspecified atom stereocenters. The van der Waals surface area contributed by atoms with Crippen LogP contribution in [0, 0.1) is 5.92 Å². The second-order valence-electron chi connectivity index (χ2n) is 7.92. The number of benzene rings is 1. The minimum atomic E-state index is -4.92. The van der Waals surface area contributed by atoms with Crippen molar-refractivity contribution in [2.24, 2.45) is 13.0 Å². The molecule has 0 radical (unpaired) electrons. The Hall–Kier alpha value is -2.40. The zero-order valence-corrected chi connectivity index (χ0v) is 17.9. The molecule has 0 aliphatic heterocycles. The summed E-state index contributed by atoms with van der Waals surface area (Å²) >= 11 is 0. The maximum atomic E-state index is 13.8. The van der Waals surface area contributed by atoms with Gasteiger partial charge in [-0.3, -0.25) is 9.48 Å². The number of aliphatic carboxylic acids is 1. The maximum absolute atomic E-state index is 13.8. The van der Waals surface area contributed by atoms with Crippen LogP contribution in [-0.2, 0) is 32.6 Å². The molecule has 2 aromatic rings. The van der Waals surface area contributed by atoms with Gasteiger partial charge >= 0.3 is 12.1 Å². The minimum absolute atomic E-state index is 0.176. The van der Waals surface area contributed by atoms with E-state index >= 15 is 0 Å². The molecule has 0 amide bonds. The average Bonchev–Trinajstić information content (AvgIpc) is 3.27. The number of sulfone groups is 1. The molecular formula is C20H23F3N2O5S. The molecule has 0 saturated heterocycles. The number of rotatable bonds is 6. The van der Waals surface area contributed by atoms with Crippen molar-refractivity contribution in [3.63, 3.8) is 0 Å². The lowest BCUT2D eigenvalue weighted by atomic mass is 10.1. The van der Waals surface area contributed by atoms with E-state index in [1.165, 1.54) is 23.1 Å². The van der Waals surface area contributed by atoms with Gasteiger partial charge in [-0.25, -0.2) is 8.42 Å². The second-order valence-corrected chi connectivity index (χ2v) is 10.1. The molecule has 3 rings (SSSR count). The van der Waals surface area contributed by atoms with Crippen LogP contribution in [0.15, 0.2) is 35.5 Å². The standard InChI is InChI=1S/C20H23F3N2O5S/c1-11(2)30-17-8-14(7-15(17)19(26)27)31(28,29)18-5-4-12(6-16(18)20(21,22)23)13-9-24-25(3)10-13/h4-6,9-11,14-15,17H,7-8H2,1-3H3,(H,26,27)/t14-,15-,17-/m0/s1. The first-order valence-corrected chi connectivity index (χ1v) is 11.2. The summed E-state index contributed by atoms with van der Waals surface area (Å²) in [6.07, 6.45) is -3.74. The third-order valence-electron chi connectivity index (χ3n) is 5.29. The number of carboxylic acid groups (broad SMARTS) is 1. The summed E-state index contributed by atoms with van der Waals surface area (Å²) in [6.45, 7) is 3.36. The second kappa shape index (κ2) is 8.27. The molecule has 1 saturated carbocycles. The van der Waals surface area contributed by atoms with Gasteiger partial charge in [-0.15, -0.1) is 0 Å². The molecule has 1 aromatic carbocycles.